The summed E-state index contributed by atoms with van der Waals surface area (Å²) in [6.07, 6.45) is 0.496. The highest BCUT2D eigenvalue weighted by atomic mass is 16.5. The standard InChI is InChI=1S/C21H22N4O2/c1-21(2,3)27-15-8-6-7-14(11-15)18-12-19(25-20(22)23-13-26)16-9-4-5-10-17(16)24-18/h4-13H,1-3H3,(H3,22,23,24,25,26). The molecule has 1 amide bonds. The van der Waals surface area contributed by atoms with E-state index in [1.807, 2.05) is 75.4 Å². The Morgan fingerprint density at radius 1 is 1.15 bits per heavy atom. The van der Waals surface area contributed by atoms with Gasteiger partial charge in [0.15, 0.2) is 5.96 Å². The maximum absolute atomic E-state index is 10.6. The Bertz CT molecular complexity index is 1010. The predicted molar refractivity (Wildman–Crippen MR) is 108 cm³/mol. The first-order valence-corrected chi connectivity index (χ1v) is 8.59. The number of nitrogens with one attached hydrogen (secondary N) is 1. The van der Waals surface area contributed by atoms with Gasteiger partial charge in [-0.2, -0.15) is 0 Å². The Morgan fingerprint density at radius 2 is 1.93 bits per heavy atom. The number of aromatic nitrogens is 1. The zero-order chi connectivity index (χ0) is 19.4. The van der Waals surface area contributed by atoms with Crippen LogP contribution in [0.3, 0.4) is 0 Å². The fourth-order valence-electron chi connectivity index (χ4n) is 2.69. The van der Waals surface area contributed by atoms with E-state index in [2.05, 4.69) is 10.3 Å². The lowest BCUT2D eigenvalue weighted by atomic mass is 10.1. The van der Waals surface area contributed by atoms with Gasteiger partial charge in [0.05, 0.1) is 16.9 Å². The lowest BCUT2D eigenvalue weighted by molar-refractivity contribution is -0.108. The van der Waals surface area contributed by atoms with Crippen molar-refractivity contribution >= 4 is 29.0 Å². The SMILES string of the molecule is CC(C)(C)Oc1cccc(-c2cc(N=C(N)NC=O)c3ccccc3n2)c1. The molecule has 27 heavy (non-hydrogen) atoms. The number of fused-ring (bicyclic) bond motifs is 1. The molecule has 138 valence electrons. The van der Waals surface area contributed by atoms with Crippen LogP contribution < -0.4 is 15.8 Å². The summed E-state index contributed by atoms with van der Waals surface area (Å²) in [6, 6.07) is 17.3. The topological polar surface area (TPSA) is 89.6 Å². The number of guanidine groups is 1. The Hall–Kier alpha value is -3.41. The molecular weight excluding hydrogens is 340 g/mol. The third kappa shape index (κ3) is 4.61. The summed E-state index contributed by atoms with van der Waals surface area (Å²) in [5.74, 6) is 0.791. The number of para-hydroxylation sites is 1. The normalized spacial score (nSPS) is 12.0. The van der Waals surface area contributed by atoms with E-state index in [9.17, 15) is 4.79 Å². The number of carbonyl (C=O) groups excluding carboxylic acids is 1. The van der Waals surface area contributed by atoms with Crippen molar-refractivity contribution in [1.82, 2.24) is 10.3 Å². The third-order valence-electron chi connectivity index (χ3n) is 3.70. The Balaban J connectivity index is 2.11. The van der Waals surface area contributed by atoms with Crippen molar-refractivity contribution in [2.24, 2.45) is 10.7 Å². The molecule has 0 atom stereocenters. The second-order valence-electron chi connectivity index (χ2n) is 7.05. The van der Waals surface area contributed by atoms with Crippen molar-refractivity contribution in [2.45, 2.75) is 26.4 Å². The highest BCUT2D eigenvalue weighted by Crippen LogP contribution is 2.32. The van der Waals surface area contributed by atoms with Crippen LogP contribution in [-0.4, -0.2) is 23.0 Å². The zero-order valence-corrected chi connectivity index (χ0v) is 15.6. The largest absolute Gasteiger partial charge is 0.488 e. The third-order valence-corrected chi connectivity index (χ3v) is 3.70. The number of hydrogen-bond acceptors (Lipinski definition) is 4. The first-order valence-electron chi connectivity index (χ1n) is 8.59. The van der Waals surface area contributed by atoms with Gasteiger partial charge in [0.25, 0.3) is 0 Å². The molecule has 0 aliphatic heterocycles. The number of pyridine rings is 1. The monoisotopic (exact) mass is 362 g/mol. The maximum Gasteiger partial charge on any atom is 0.213 e. The zero-order valence-electron chi connectivity index (χ0n) is 15.6. The van der Waals surface area contributed by atoms with Gasteiger partial charge in [-0.15, -0.1) is 0 Å². The minimum absolute atomic E-state index is 0.0251. The van der Waals surface area contributed by atoms with Crippen LogP contribution in [0.15, 0.2) is 59.6 Å². The fraction of sp³-hybridized carbons (Fsp3) is 0.190. The maximum atomic E-state index is 10.6. The molecule has 0 spiro atoms. The van der Waals surface area contributed by atoms with Crippen molar-refractivity contribution in [3.8, 4) is 17.0 Å². The molecule has 0 saturated heterocycles. The first-order chi connectivity index (χ1) is 12.9. The van der Waals surface area contributed by atoms with Crippen LogP contribution in [0, 0.1) is 0 Å². The number of nitrogens with two attached hydrogens (primary N) is 1. The molecule has 0 unspecified atom stereocenters. The molecule has 6 nitrogen and oxygen atoms in total. The lowest BCUT2D eigenvalue weighted by Crippen LogP contribution is -2.29. The Labute approximate surface area is 158 Å². The van der Waals surface area contributed by atoms with E-state index in [0.717, 1.165) is 27.9 Å². The van der Waals surface area contributed by atoms with Crippen LogP contribution in [-0.2, 0) is 4.79 Å². The minimum Gasteiger partial charge on any atom is -0.488 e. The van der Waals surface area contributed by atoms with E-state index >= 15 is 0 Å². The number of benzene rings is 2. The van der Waals surface area contributed by atoms with Crippen LogP contribution in [0.5, 0.6) is 5.75 Å². The highest BCUT2D eigenvalue weighted by molar-refractivity contribution is 5.97. The van der Waals surface area contributed by atoms with Crippen molar-refractivity contribution in [3.05, 3.63) is 54.6 Å². The highest BCUT2D eigenvalue weighted by Gasteiger charge is 2.13. The van der Waals surface area contributed by atoms with Gasteiger partial charge in [-0.3, -0.25) is 10.1 Å². The van der Waals surface area contributed by atoms with Crippen LogP contribution >= 0.6 is 0 Å². The summed E-state index contributed by atoms with van der Waals surface area (Å²) in [4.78, 5) is 19.7. The van der Waals surface area contributed by atoms with Gasteiger partial charge in [-0.05, 0) is 45.0 Å². The van der Waals surface area contributed by atoms with Crippen LogP contribution in [0.4, 0.5) is 5.69 Å². The van der Waals surface area contributed by atoms with Gasteiger partial charge in [0, 0.05) is 10.9 Å². The minimum atomic E-state index is -0.292. The smallest absolute Gasteiger partial charge is 0.213 e. The lowest BCUT2D eigenvalue weighted by Gasteiger charge is -2.21. The van der Waals surface area contributed by atoms with Crippen LogP contribution in [0.1, 0.15) is 20.8 Å². The van der Waals surface area contributed by atoms with E-state index in [0.29, 0.717) is 12.1 Å². The molecule has 0 radical (unpaired) electrons. The van der Waals surface area contributed by atoms with E-state index in [-0.39, 0.29) is 11.6 Å². The summed E-state index contributed by atoms with van der Waals surface area (Å²) < 4.78 is 5.95. The van der Waals surface area contributed by atoms with Gasteiger partial charge in [0.1, 0.15) is 11.4 Å². The van der Waals surface area contributed by atoms with Crippen LogP contribution in [0.2, 0.25) is 0 Å². The number of ether oxygens (including phenoxy) is 1. The van der Waals surface area contributed by atoms with Crippen molar-refractivity contribution in [1.29, 1.82) is 0 Å². The average Bonchev–Trinajstić information content (AvgIpc) is 2.60. The van der Waals surface area contributed by atoms with Gasteiger partial charge >= 0.3 is 0 Å². The molecule has 2 aromatic carbocycles. The first kappa shape index (κ1) is 18.4. The van der Waals surface area contributed by atoms with Crippen molar-refractivity contribution < 1.29 is 9.53 Å². The van der Waals surface area contributed by atoms with Crippen molar-refractivity contribution in [3.63, 3.8) is 0 Å². The summed E-state index contributed by atoms with van der Waals surface area (Å²) in [7, 11) is 0. The summed E-state index contributed by atoms with van der Waals surface area (Å²) in [6.45, 7) is 6.01. The molecule has 0 fully saturated rings. The van der Waals surface area contributed by atoms with E-state index < -0.39 is 0 Å². The van der Waals surface area contributed by atoms with Gasteiger partial charge in [0.2, 0.25) is 6.41 Å². The molecule has 1 heterocycles. The second kappa shape index (κ2) is 7.45. The van der Waals surface area contributed by atoms with Gasteiger partial charge in [-0.1, -0.05) is 30.3 Å². The molecule has 0 aliphatic carbocycles. The van der Waals surface area contributed by atoms with E-state index in [4.69, 9.17) is 15.5 Å². The second-order valence-corrected chi connectivity index (χ2v) is 7.05. The molecular formula is C21H22N4O2. The number of amides is 1. The number of aliphatic imine (C=N–C) groups is 1. The number of hydrogen-bond donors (Lipinski definition) is 2. The molecule has 0 bridgehead atoms. The Kier molecular flexibility index (Phi) is 5.07. The molecule has 0 aliphatic rings. The molecule has 3 rings (SSSR count). The quantitative estimate of drug-likeness (QED) is 0.420. The molecule has 0 saturated carbocycles. The summed E-state index contributed by atoms with van der Waals surface area (Å²) in [5, 5.41) is 3.21. The van der Waals surface area contributed by atoms with Crippen molar-refractivity contribution in [2.75, 3.05) is 0 Å². The summed E-state index contributed by atoms with van der Waals surface area (Å²) in [5.41, 5.74) is 8.53. The predicted octanol–water partition coefficient (Wildman–Crippen LogP) is 3.77. The molecule has 1 aromatic heterocycles. The number of carbonyl (C=O) groups is 1. The number of nitrogens with zero attached hydrogens (tertiary/aromatic N) is 2. The molecule has 3 N–H and O–H groups in total. The fourth-order valence-corrected chi connectivity index (χ4v) is 2.69. The average molecular weight is 362 g/mol. The number of rotatable bonds is 4. The summed E-state index contributed by atoms with van der Waals surface area (Å²) >= 11 is 0. The molecule has 3 aromatic rings. The van der Waals surface area contributed by atoms with E-state index in [1.165, 1.54) is 0 Å². The molecule has 6 heteroatoms. The van der Waals surface area contributed by atoms with E-state index in [1.54, 1.807) is 0 Å². The van der Waals surface area contributed by atoms with Gasteiger partial charge < -0.3 is 10.5 Å². The Morgan fingerprint density at radius 3 is 2.67 bits per heavy atom. The van der Waals surface area contributed by atoms with Gasteiger partial charge in [-0.25, -0.2) is 9.98 Å². The van der Waals surface area contributed by atoms with Crippen LogP contribution in [0.25, 0.3) is 22.2 Å².